The maximum atomic E-state index is 13.8. The van der Waals surface area contributed by atoms with Crippen LogP contribution in [0.1, 0.15) is 61.6 Å². The number of fused-ring (bicyclic) bond motifs is 3. The number of methoxy groups -OCH3 is 2. The Balaban J connectivity index is 1.61. The third-order valence-electron chi connectivity index (χ3n) is 7.17. The van der Waals surface area contributed by atoms with Crippen LogP contribution in [0.2, 0.25) is 0 Å². The number of carbonyl (C=O) groups excluding carboxylic acids is 2. The molecule has 0 saturated carbocycles. The molecule has 3 aromatic carbocycles. The van der Waals surface area contributed by atoms with Crippen LogP contribution in [0.4, 0.5) is 0 Å². The highest BCUT2D eigenvalue weighted by atomic mass is 16.5. The van der Waals surface area contributed by atoms with Crippen LogP contribution in [0.15, 0.2) is 72.8 Å². The number of hydrogen-bond acceptors (Lipinski definition) is 5. The summed E-state index contributed by atoms with van der Waals surface area (Å²) in [6.07, 6.45) is 4.67. The second-order valence-corrected chi connectivity index (χ2v) is 9.27. The Morgan fingerprint density at radius 1 is 0.703 bits per heavy atom. The van der Waals surface area contributed by atoms with Gasteiger partial charge in [0.25, 0.3) is 0 Å². The summed E-state index contributed by atoms with van der Waals surface area (Å²) in [7, 11) is 3.27. The van der Waals surface area contributed by atoms with Gasteiger partial charge in [-0.3, -0.25) is 9.59 Å². The molecular formula is C32H25NO4. The molecule has 37 heavy (non-hydrogen) atoms. The fourth-order valence-corrected chi connectivity index (χ4v) is 5.35. The first-order valence-electron chi connectivity index (χ1n) is 12.3. The summed E-state index contributed by atoms with van der Waals surface area (Å²) >= 11 is 0. The Morgan fingerprint density at radius 3 is 1.97 bits per heavy atom. The summed E-state index contributed by atoms with van der Waals surface area (Å²) < 4.78 is 10.7. The van der Waals surface area contributed by atoms with Gasteiger partial charge in [-0.1, -0.05) is 48.5 Å². The largest absolute Gasteiger partial charge is 0.497 e. The summed E-state index contributed by atoms with van der Waals surface area (Å²) in [5.41, 5.74) is 7.05. The van der Waals surface area contributed by atoms with Gasteiger partial charge in [0.15, 0.2) is 5.78 Å². The number of aromatic nitrogens is 1. The van der Waals surface area contributed by atoms with Gasteiger partial charge in [-0.25, -0.2) is 4.98 Å². The molecule has 0 aliphatic heterocycles. The minimum atomic E-state index is -0.211. The predicted octanol–water partition coefficient (Wildman–Crippen LogP) is 6.42. The molecule has 0 bridgehead atoms. The normalized spacial score (nSPS) is 15.1. The minimum absolute atomic E-state index is 0.155. The Hall–Kier alpha value is -4.51. The average Bonchev–Trinajstić information content (AvgIpc) is 2.95. The molecule has 5 nitrogen and oxygen atoms in total. The molecule has 0 amide bonds. The maximum absolute atomic E-state index is 13.8. The predicted molar refractivity (Wildman–Crippen MR) is 143 cm³/mol. The van der Waals surface area contributed by atoms with E-state index in [0.717, 1.165) is 64.3 Å². The molecule has 4 aromatic rings. The molecule has 1 heterocycles. The lowest BCUT2D eigenvalue weighted by Crippen LogP contribution is -2.26. The van der Waals surface area contributed by atoms with Gasteiger partial charge in [-0.05, 0) is 71.9 Å². The van der Waals surface area contributed by atoms with E-state index in [1.807, 2.05) is 48.5 Å². The molecule has 182 valence electrons. The van der Waals surface area contributed by atoms with Crippen LogP contribution in [0.5, 0.6) is 11.5 Å². The number of ketones is 2. The molecule has 0 unspecified atom stereocenters. The van der Waals surface area contributed by atoms with Crippen molar-refractivity contribution in [3.63, 3.8) is 0 Å². The van der Waals surface area contributed by atoms with Gasteiger partial charge in [0.2, 0.25) is 5.78 Å². The van der Waals surface area contributed by atoms with Gasteiger partial charge in [-0.15, -0.1) is 0 Å². The van der Waals surface area contributed by atoms with Crippen LogP contribution < -0.4 is 9.47 Å². The van der Waals surface area contributed by atoms with Crippen molar-refractivity contribution < 1.29 is 19.1 Å². The number of pyridine rings is 1. The number of allylic oxidation sites excluding steroid dienone is 1. The van der Waals surface area contributed by atoms with Crippen LogP contribution in [0.3, 0.4) is 0 Å². The van der Waals surface area contributed by atoms with E-state index in [2.05, 4.69) is 6.08 Å². The molecule has 0 spiro atoms. The van der Waals surface area contributed by atoms with E-state index in [0.29, 0.717) is 16.7 Å². The van der Waals surface area contributed by atoms with Crippen LogP contribution in [0, 0.1) is 0 Å². The number of hydrogen-bond donors (Lipinski definition) is 0. The fraction of sp³-hybridized carbons (Fsp3) is 0.156. The van der Waals surface area contributed by atoms with Crippen molar-refractivity contribution in [2.75, 3.05) is 14.2 Å². The zero-order valence-electron chi connectivity index (χ0n) is 20.7. The van der Waals surface area contributed by atoms with Gasteiger partial charge in [0.1, 0.15) is 17.2 Å². The molecule has 2 aliphatic rings. The van der Waals surface area contributed by atoms with E-state index in [9.17, 15) is 9.59 Å². The molecule has 0 atom stereocenters. The van der Waals surface area contributed by atoms with E-state index in [1.54, 1.807) is 38.5 Å². The van der Waals surface area contributed by atoms with Crippen molar-refractivity contribution in [2.45, 2.75) is 19.3 Å². The maximum Gasteiger partial charge on any atom is 0.212 e. The third-order valence-corrected chi connectivity index (χ3v) is 7.17. The molecule has 5 heteroatoms. The Labute approximate surface area is 215 Å². The van der Waals surface area contributed by atoms with Crippen LogP contribution in [-0.2, 0) is 6.42 Å². The summed E-state index contributed by atoms with van der Waals surface area (Å²) in [6.45, 7) is 0. The van der Waals surface area contributed by atoms with Gasteiger partial charge >= 0.3 is 0 Å². The Morgan fingerprint density at radius 2 is 1.32 bits per heavy atom. The van der Waals surface area contributed by atoms with Crippen molar-refractivity contribution in [2.24, 2.45) is 0 Å². The molecule has 0 fully saturated rings. The lowest BCUT2D eigenvalue weighted by atomic mass is 9.77. The lowest BCUT2D eigenvalue weighted by Gasteiger charge is -2.27. The van der Waals surface area contributed by atoms with E-state index in [4.69, 9.17) is 14.5 Å². The van der Waals surface area contributed by atoms with Gasteiger partial charge < -0.3 is 9.47 Å². The molecule has 1 aromatic heterocycles. The van der Waals surface area contributed by atoms with Gasteiger partial charge in [0.05, 0.1) is 25.5 Å². The topological polar surface area (TPSA) is 65.5 Å². The quantitative estimate of drug-likeness (QED) is 0.293. The van der Waals surface area contributed by atoms with Crippen molar-refractivity contribution >= 4 is 23.2 Å². The van der Waals surface area contributed by atoms with Gasteiger partial charge in [0, 0.05) is 16.7 Å². The Kier molecular flexibility index (Phi) is 5.68. The highest BCUT2D eigenvalue weighted by Crippen LogP contribution is 2.43. The number of nitrogens with zero attached hydrogens (tertiary/aromatic N) is 1. The second kappa shape index (κ2) is 9.17. The highest BCUT2D eigenvalue weighted by Gasteiger charge is 2.36. The molecule has 0 saturated heterocycles. The second-order valence-electron chi connectivity index (χ2n) is 9.27. The summed E-state index contributed by atoms with van der Waals surface area (Å²) in [5.74, 6) is 1.16. The highest BCUT2D eigenvalue weighted by molar-refractivity contribution is 6.30. The smallest absolute Gasteiger partial charge is 0.212 e. The first-order valence-corrected chi connectivity index (χ1v) is 12.3. The average molecular weight is 488 g/mol. The molecule has 2 aliphatic carbocycles. The molecule has 0 radical (unpaired) electrons. The number of ether oxygens (including phenoxy) is 2. The Bertz CT molecular complexity index is 1580. The van der Waals surface area contributed by atoms with E-state index in [-0.39, 0.29) is 17.3 Å². The van der Waals surface area contributed by atoms with E-state index >= 15 is 0 Å². The van der Waals surface area contributed by atoms with Gasteiger partial charge in [-0.2, -0.15) is 0 Å². The van der Waals surface area contributed by atoms with Crippen molar-refractivity contribution in [1.82, 2.24) is 4.98 Å². The molecule has 6 rings (SSSR count). The standard InChI is InChI=1S/C32H25NO4/c1-36-22-14-10-19(11-15-22)18-21-6-5-9-26-27(20-12-16-23(37-2)17-13-20)28-30(33-29(21)26)32(35)25-8-4-3-7-24(25)31(28)34/h3-4,7-8,10-18H,5-6,9H2,1-2H3/b21-18+. The molecule has 0 N–H and O–H groups in total. The molecular weight excluding hydrogens is 462 g/mol. The number of carbonyl (C=O) groups is 2. The van der Waals surface area contributed by atoms with Crippen LogP contribution >= 0.6 is 0 Å². The van der Waals surface area contributed by atoms with Crippen LogP contribution in [-0.4, -0.2) is 30.8 Å². The lowest BCUT2D eigenvalue weighted by molar-refractivity contribution is 0.0975. The number of benzene rings is 3. The van der Waals surface area contributed by atoms with E-state index < -0.39 is 0 Å². The monoisotopic (exact) mass is 487 g/mol. The van der Waals surface area contributed by atoms with Crippen molar-refractivity contribution in [3.05, 3.63) is 112 Å². The summed E-state index contributed by atoms with van der Waals surface area (Å²) in [4.78, 5) is 32.5. The van der Waals surface area contributed by atoms with Crippen LogP contribution in [0.25, 0.3) is 22.8 Å². The summed E-state index contributed by atoms with van der Waals surface area (Å²) in [5, 5.41) is 0. The SMILES string of the molecule is COc1ccc(/C=C2\CCCc3c2nc2c(c3-c3ccc(OC)cc3)C(=O)c3ccccc3C2=O)cc1. The van der Waals surface area contributed by atoms with Crippen molar-refractivity contribution in [3.8, 4) is 22.6 Å². The zero-order valence-corrected chi connectivity index (χ0v) is 20.7. The summed E-state index contributed by atoms with van der Waals surface area (Å²) in [6, 6.07) is 22.6. The first-order chi connectivity index (χ1) is 18.1. The fourth-order valence-electron chi connectivity index (χ4n) is 5.35. The minimum Gasteiger partial charge on any atom is -0.497 e. The first kappa shape index (κ1) is 22.9. The zero-order chi connectivity index (χ0) is 25.5. The third kappa shape index (κ3) is 3.84. The van der Waals surface area contributed by atoms with Crippen molar-refractivity contribution in [1.29, 1.82) is 0 Å². The number of rotatable bonds is 4. The van der Waals surface area contributed by atoms with E-state index in [1.165, 1.54) is 0 Å².